The van der Waals surface area contributed by atoms with Crippen LogP contribution in [0.25, 0.3) is 0 Å². The molecule has 0 heterocycles. The molecule has 52 valence electrons. The minimum atomic E-state index is -1.24. The van der Waals surface area contributed by atoms with Crippen molar-refractivity contribution < 1.29 is 40.1 Å². The van der Waals surface area contributed by atoms with E-state index in [0.29, 0.717) is 6.08 Å². The first kappa shape index (κ1) is 12.0. The molecule has 0 atom stereocenters. The molecule has 0 aliphatic carbocycles. The molecule has 0 bridgehead atoms. The Labute approximate surface area is 71.2 Å². The zero-order valence-corrected chi connectivity index (χ0v) is 5.79. The van der Waals surface area contributed by atoms with Crippen LogP contribution in [0.3, 0.4) is 0 Å². The summed E-state index contributed by atoms with van der Waals surface area (Å²) in [5, 5.41) is 16.1. The minimum absolute atomic E-state index is 0. The summed E-state index contributed by atoms with van der Waals surface area (Å²) < 4.78 is 0. The van der Waals surface area contributed by atoms with Crippen LogP contribution in [0.15, 0.2) is 11.6 Å². The van der Waals surface area contributed by atoms with E-state index in [-0.39, 0.29) is 25.9 Å². The molecule has 0 unspecified atom stereocenters. The van der Waals surface area contributed by atoms with Gasteiger partial charge in [0.25, 0.3) is 0 Å². The summed E-state index contributed by atoms with van der Waals surface area (Å²) in [5.74, 6) is -2.45. The van der Waals surface area contributed by atoms with Crippen LogP contribution < -0.4 is 18.9 Å². The number of aliphatic carboxylic acids is 2. The van der Waals surface area contributed by atoms with Gasteiger partial charge in [-0.3, -0.25) is 0 Å². The van der Waals surface area contributed by atoms with Crippen molar-refractivity contribution in [2.24, 2.45) is 0 Å². The van der Waals surface area contributed by atoms with E-state index in [9.17, 15) is 9.59 Å². The summed E-state index contributed by atoms with van der Waals surface area (Å²) in [6.45, 7) is 1.22. The molecular formula is C5H7LiO4. The fourth-order valence-electron chi connectivity index (χ4n) is 0.247. The quantitative estimate of drug-likeness (QED) is 0.319. The predicted octanol–water partition coefficient (Wildman–Crippen LogP) is -2.78. The molecule has 4 nitrogen and oxygen atoms in total. The average molecular weight is 138 g/mol. The Hall–Kier alpha value is -0.723. The number of carbonyl (C=O) groups is 2. The fraction of sp³-hybridized carbons (Fsp3) is 0.200. The van der Waals surface area contributed by atoms with Crippen LogP contribution in [-0.4, -0.2) is 22.2 Å². The molecule has 0 saturated carbocycles. The third-order valence-corrected chi connectivity index (χ3v) is 0.677. The van der Waals surface area contributed by atoms with E-state index in [1.165, 1.54) is 6.92 Å². The number of rotatable bonds is 2. The Morgan fingerprint density at radius 3 is 1.90 bits per heavy atom. The van der Waals surface area contributed by atoms with Crippen LogP contribution in [0.2, 0.25) is 0 Å². The van der Waals surface area contributed by atoms with E-state index < -0.39 is 11.9 Å². The van der Waals surface area contributed by atoms with E-state index in [0.717, 1.165) is 0 Å². The van der Waals surface area contributed by atoms with Crippen molar-refractivity contribution in [2.75, 3.05) is 0 Å². The second kappa shape index (κ2) is 5.09. The van der Waals surface area contributed by atoms with Crippen LogP contribution in [0.4, 0.5) is 0 Å². The number of carboxylic acids is 2. The first-order chi connectivity index (χ1) is 4.04. The van der Waals surface area contributed by atoms with Crippen molar-refractivity contribution >= 4 is 11.9 Å². The van der Waals surface area contributed by atoms with Crippen molar-refractivity contribution in [3.05, 3.63) is 11.6 Å². The number of carboxylic acid groups (broad SMARTS) is 2. The van der Waals surface area contributed by atoms with Gasteiger partial charge in [0.2, 0.25) is 0 Å². The second-order valence-corrected chi connectivity index (χ2v) is 1.47. The third-order valence-electron chi connectivity index (χ3n) is 0.677. The average Bonchev–Trinajstić information content (AvgIpc) is 1.63. The van der Waals surface area contributed by atoms with E-state index in [2.05, 4.69) is 0 Å². The molecule has 0 radical (unpaired) electrons. The summed E-state index contributed by atoms with van der Waals surface area (Å²) >= 11 is 0. The topological polar surface area (TPSA) is 74.6 Å². The van der Waals surface area contributed by atoms with Crippen molar-refractivity contribution in [2.45, 2.75) is 6.92 Å². The van der Waals surface area contributed by atoms with E-state index >= 15 is 0 Å². The van der Waals surface area contributed by atoms with Crippen LogP contribution in [0, 0.1) is 0 Å². The van der Waals surface area contributed by atoms with Gasteiger partial charge >= 0.3 is 30.8 Å². The smallest absolute Gasteiger partial charge is 1.00 e. The molecule has 0 aromatic carbocycles. The standard InChI is InChI=1S/C5H6O4.Li.H/c1-3(5(8)9)2-4(6)7;;/h2H,1H3,(H,6,7)(H,8,9);;/q;+1;-1/b3-2+;;. The van der Waals surface area contributed by atoms with Crippen molar-refractivity contribution in [1.29, 1.82) is 0 Å². The Balaban J connectivity index is -0.000000320. The molecule has 0 rings (SSSR count). The second-order valence-electron chi connectivity index (χ2n) is 1.47. The van der Waals surface area contributed by atoms with E-state index in [4.69, 9.17) is 10.2 Å². The molecule has 0 aromatic heterocycles. The molecule has 0 aromatic rings. The summed E-state index contributed by atoms with van der Waals surface area (Å²) in [4.78, 5) is 19.7. The van der Waals surface area contributed by atoms with Gasteiger partial charge in [-0.15, -0.1) is 0 Å². The van der Waals surface area contributed by atoms with Gasteiger partial charge in [0.05, 0.1) is 0 Å². The maximum absolute atomic E-state index is 9.90. The summed E-state index contributed by atoms with van der Waals surface area (Å²) in [5.41, 5.74) is -0.178. The molecule has 0 aliphatic heterocycles. The first-order valence-electron chi connectivity index (χ1n) is 2.18. The van der Waals surface area contributed by atoms with E-state index in [1.54, 1.807) is 0 Å². The van der Waals surface area contributed by atoms with Crippen molar-refractivity contribution in [1.82, 2.24) is 0 Å². The SMILES string of the molecule is C/C(=C\C(=O)O)C(=O)O.[H-].[Li+]. The molecule has 0 fully saturated rings. The van der Waals surface area contributed by atoms with Gasteiger partial charge in [-0.1, -0.05) is 0 Å². The first-order valence-corrected chi connectivity index (χ1v) is 2.18. The Morgan fingerprint density at radius 2 is 1.80 bits per heavy atom. The summed E-state index contributed by atoms with van der Waals surface area (Å²) in [6, 6.07) is 0. The maximum Gasteiger partial charge on any atom is 1.00 e. The summed E-state index contributed by atoms with van der Waals surface area (Å²) in [6.07, 6.45) is 0.641. The summed E-state index contributed by atoms with van der Waals surface area (Å²) in [7, 11) is 0. The largest absolute Gasteiger partial charge is 1.00 e. The van der Waals surface area contributed by atoms with Crippen LogP contribution >= 0.6 is 0 Å². The van der Waals surface area contributed by atoms with Crippen LogP contribution in [0.5, 0.6) is 0 Å². The molecule has 2 N–H and O–H groups in total. The van der Waals surface area contributed by atoms with Gasteiger partial charge in [-0.2, -0.15) is 0 Å². The van der Waals surface area contributed by atoms with Gasteiger partial charge in [0.1, 0.15) is 0 Å². The predicted molar refractivity (Wildman–Crippen MR) is 30.1 cm³/mol. The fourth-order valence-corrected chi connectivity index (χ4v) is 0.247. The number of hydrogen-bond donors (Lipinski definition) is 2. The maximum atomic E-state index is 9.90. The molecule has 0 aliphatic rings. The molecule has 0 amide bonds. The molecular weight excluding hydrogens is 131 g/mol. The van der Waals surface area contributed by atoms with Gasteiger partial charge in [-0.25, -0.2) is 9.59 Å². The minimum Gasteiger partial charge on any atom is -1.00 e. The Morgan fingerprint density at radius 1 is 1.40 bits per heavy atom. The Kier molecular flexibility index (Phi) is 6.11. The normalized spacial score (nSPS) is 9.90. The zero-order valence-electron chi connectivity index (χ0n) is 6.79. The van der Waals surface area contributed by atoms with Gasteiger partial charge < -0.3 is 11.6 Å². The van der Waals surface area contributed by atoms with Gasteiger partial charge in [0.15, 0.2) is 0 Å². The van der Waals surface area contributed by atoms with Crippen LogP contribution in [-0.2, 0) is 9.59 Å². The third kappa shape index (κ3) is 5.41. The molecule has 10 heavy (non-hydrogen) atoms. The molecule has 0 spiro atoms. The zero-order chi connectivity index (χ0) is 7.44. The van der Waals surface area contributed by atoms with Crippen molar-refractivity contribution in [3.63, 3.8) is 0 Å². The molecule has 0 saturated heterocycles. The van der Waals surface area contributed by atoms with Gasteiger partial charge in [0, 0.05) is 11.6 Å². The monoisotopic (exact) mass is 138 g/mol. The van der Waals surface area contributed by atoms with Gasteiger partial charge in [-0.05, 0) is 6.92 Å². The van der Waals surface area contributed by atoms with E-state index in [1.807, 2.05) is 0 Å². The van der Waals surface area contributed by atoms with Crippen molar-refractivity contribution in [3.8, 4) is 0 Å². The number of hydrogen-bond acceptors (Lipinski definition) is 2. The van der Waals surface area contributed by atoms with Crippen LogP contribution in [0.1, 0.15) is 8.35 Å². The Bertz CT molecular complexity index is 177. The molecule has 5 heteroatoms.